The van der Waals surface area contributed by atoms with Crippen LogP contribution in [0.3, 0.4) is 0 Å². The molecule has 0 saturated carbocycles. The number of halogens is 1. The van der Waals surface area contributed by atoms with Crippen molar-refractivity contribution in [3.63, 3.8) is 0 Å². The van der Waals surface area contributed by atoms with E-state index in [9.17, 15) is 9.59 Å². The summed E-state index contributed by atoms with van der Waals surface area (Å²) in [6, 6.07) is 15.0. The molecule has 1 amide bonds. The molecule has 6 heteroatoms. The van der Waals surface area contributed by atoms with E-state index in [-0.39, 0.29) is 11.4 Å². The van der Waals surface area contributed by atoms with Crippen LogP contribution in [0.4, 0.5) is 5.82 Å². The molecular formula is C16H12ClN3O2. The smallest absolute Gasteiger partial charge is 0.278 e. The molecule has 0 aliphatic heterocycles. The van der Waals surface area contributed by atoms with E-state index in [4.69, 9.17) is 17.3 Å². The zero-order valence-corrected chi connectivity index (χ0v) is 12.2. The number of aromatic nitrogens is 1. The van der Waals surface area contributed by atoms with Gasteiger partial charge in [0.25, 0.3) is 11.5 Å². The predicted octanol–water partition coefficient (Wildman–Crippen LogP) is 2.62. The number of benzene rings is 2. The number of nitrogen functional groups attached to an aromatic ring is 1. The summed E-state index contributed by atoms with van der Waals surface area (Å²) < 4.78 is 1.04. The Morgan fingerprint density at radius 2 is 1.77 bits per heavy atom. The summed E-state index contributed by atoms with van der Waals surface area (Å²) in [5.74, 6) is -0.285. The minimum atomic E-state index is -0.444. The van der Waals surface area contributed by atoms with E-state index < -0.39 is 5.91 Å². The monoisotopic (exact) mass is 313 g/mol. The number of carbonyl (C=O) groups excluding carboxylic acids is 1. The molecule has 1 heterocycles. The van der Waals surface area contributed by atoms with Crippen molar-refractivity contribution in [3.05, 3.63) is 75.5 Å². The molecular weight excluding hydrogens is 302 g/mol. The Morgan fingerprint density at radius 1 is 1.09 bits per heavy atom. The fourth-order valence-corrected chi connectivity index (χ4v) is 2.29. The van der Waals surface area contributed by atoms with E-state index in [2.05, 4.69) is 5.43 Å². The van der Waals surface area contributed by atoms with E-state index in [0.29, 0.717) is 16.0 Å². The first kappa shape index (κ1) is 14.2. The number of nitrogens with zero attached hydrogens (tertiary/aromatic N) is 1. The highest BCUT2D eigenvalue weighted by Crippen LogP contribution is 2.13. The molecule has 0 fully saturated rings. The van der Waals surface area contributed by atoms with Crippen molar-refractivity contribution in [2.24, 2.45) is 0 Å². The van der Waals surface area contributed by atoms with Crippen LogP contribution in [0.2, 0.25) is 5.02 Å². The van der Waals surface area contributed by atoms with Gasteiger partial charge in [-0.2, -0.15) is 0 Å². The zero-order chi connectivity index (χ0) is 15.7. The first-order valence-corrected chi connectivity index (χ1v) is 6.91. The Balaban J connectivity index is 2.02. The van der Waals surface area contributed by atoms with E-state index in [1.807, 2.05) is 6.07 Å². The summed E-state index contributed by atoms with van der Waals surface area (Å²) in [7, 11) is 0. The Morgan fingerprint density at radius 3 is 2.50 bits per heavy atom. The molecule has 0 aliphatic carbocycles. The molecule has 3 rings (SSSR count). The van der Waals surface area contributed by atoms with Crippen molar-refractivity contribution in [1.29, 1.82) is 0 Å². The number of hydrogen-bond donors (Lipinski definition) is 2. The van der Waals surface area contributed by atoms with Gasteiger partial charge in [-0.25, -0.2) is 4.68 Å². The van der Waals surface area contributed by atoms with Gasteiger partial charge in [-0.1, -0.05) is 29.8 Å². The number of nitrogens with one attached hydrogen (secondary N) is 1. The minimum Gasteiger partial charge on any atom is -0.384 e. The summed E-state index contributed by atoms with van der Waals surface area (Å²) in [4.78, 5) is 24.6. The normalized spacial score (nSPS) is 10.6. The summed E-state index contributed by atoms with van der Waals surface area (Å²) in [5, 5.41) is 1.73. The summed E-state index contributed by atoms with van der Waals surface area (Å²) in [5.41, 5.74) is 8.37. The van der Waals surface area contributed by atoms with Crippen LogP contribution in [0.5, 0.6) is 0 Å². The molecule has 110 valence electrons. The first-order valence-electron chi connectivity index (χ1n) is 6.53. The fraction of sp³-hybridized carbons (Fsp3) is 0. The number of hydrogen-bond acceptors (Lipinski definition) is 3. The summed E-state index contributed by atoms with van der Waals surface area (Å²) >= 11 is 5.79. The lowest BCUT2D eigenvalue weighted by Gasteiger charge is -2.12. The molecule has 0 aliphatic rings. The van der Waals surface area contributed by atoms with Crippen molar-refractivity contribution in [1.82, 2.24) is 4.68 Å². The highest BCUT2D eigenvalue weighted by molar-refractivity contribution is 6.30. The summed E-state index contributed by atoms with van der Waals surface area (Å²) in [6.07, 6.45) is 0. The Kier molecular flexibility index (Phi) is 3.56. The average Bonchev–Trinajstić information content (AvgIpc) is 2.52. The van der Waals surface area contributed by atoms with Gasteiger partial charge in [0.1, 0.15) is 5.82 Å². The molecule has 2 aromatic carbocycles. The van der Waals surface area contributed by atoms with Gasteiger partial charge in [0.15, 0.2) is 0 Å². The van der Waals surface area contributed by atoms with Gasteiger partial charge in [-0.3, -0.25) is 15.0 Å². The third-order valence-electron chi connectivity index (χ3n) is 3.28. The SMILES string of the molecule is Nc1cc2ccccc2c(=O)n1NC(=O)c1ccc(Cl)cc1. The topological polar surface area (TPSA) is 77.1 Å². The lowest BCUT2D eigenvalue weighted by atomic mass is 10.2. The Bertz CT molecular complexity index is 917. The highest BCUT2D eigenvalue weighted by atomic mass is 35.5. The average molecular weight is 314 g/mol. The predicted molar refractivity (Wildman–Crippen MR) is 87.8 cm³/mol. The van der Waals surface area contributed by atoms with Crippen LogP contribution in [0.25, 0.3) is 10.8 Å². The largest absolute Gasteiger partial charge is 0.384 e. The highest BCUT2D eigenvalue weighted by Gasteiger charge is 2.11. The standard InChI is InChI=1S/C16H12ClN3O2/c17-12-7-5-10(6-8-12)15(21)19-20-14(18)9-11-3-1-2-4-13(11)16(20)22/h1-9H,18H2,(H,19,21). The van der Waals surface area contributed by atoms with Gasteiger partial charge in [0.05, 0.1) is 0 Å². The van der Waals surface area contributed by atoms with Gasteiger partial charge in [-0.15, -0.1) is 0 Å². The zero-order valence-electron chi connectivity index (χ0n) is 11.4. The molecule has 0 unspecified atom stereocenters. The van der Waals surface area contributed by atoms with Gasteiger partial charge in [0, 0.05) is 16.0 Å². The number of rotatable bonds is 2. The third-order valence-corrected chi connectivity index (χ3v) is 3.53. The first-order chi connectivity index (χ1) is 10.6. The van der Waals surface area contributed by atoms with Crippen molar-refractivity contribution in [3.8, 4) is 0 Å². The number of amides is 1. The van der Waals surface area contributed by atoms with Crippen LogP contribution in [-0.2, 0) is 0 Å². The van der Waals surface area contributed by atoms with E-state index in [0.717, 1.165) is 10.1 Å². The Labute approximate surface area is 130 Å². The molecule has 3 N–H and O–H groups in total. The van der Waals surface area contributed by atoms with Crippen LogP contribution < -0.4 is 16.7 Å². The van der Waals surface area contributed by atoms with Crippen molar-refractivity contribution < 1.29 is 4.79 Å². The third kappa shape index (κ3) is 2.54. The van der Waals surface area contributed by atoms with Crippen molar-refractivity contribution in [2.75, 3.05) is 11.2 Å². The number of pyridine rings is 1. The molecule has 1 aromatic heterocycles. The summed E-state index contributed by atoms with van der Waals surface area (Å²) in [6.45, 7) is 0. The maximum atomic E-state index is 12.4. The molecule has 0 radical (unpaired) electrons. The second kappa shape index (κ2) is 5.54. The van der Waals surface area contributed by atoms with E-state index in [1.54, 1.807) is 48.5 Å². The molecule has 3 aromatic rings. The number of fused-ring (bicyclic) bond motifs is 1. The lowest BCUT2D eigenvalue weighted by molar-refractivity contribution is 0.101. The minimum absolute atomic E-state index is 0.158. The molecule has 0 atom stereocenters. The molecule has 22 heavy (non-hydrogen) atoms. The van der Waals surface area contributed by atoms with Gasteiger partial charge >= 0.3 is 0 Å². The van der Waals surface area contributed by atoms with Gasteiger partial charge in [-0.05, 0) is 41.8 Å². The Hall–Kier alpha value is -2.79. The quantitative estimate of drug-likeness (QED) is 0.763. The lowest BCUT2D eigenvalue weighted by Crippen LogP contribution is -2.34. The maximum Gasteiger partial charge on any atom is 0.278 e. The van der Waals surface area contributed by atoms with Crippen molar-refractivity contribution >= 4 is 34.1 Å². The fourth-order valence-electron chi connectivity index (χ4n) is 2.16. The second-order valence-electron chi connectivity index (χ2n) is 4.74. The van der Waals surface area contributed by atoms with E-state index >= 15 is 0 Å². The molecule has 0 saturated heterocycles. The van der Waals surface area contributed by atoms with Gasteiger partial charge < -0.3 is 5.73 Å². The van der Waals surface area contributed by atoms with Crippen LogP contribution in [0.15, 0.2) is 59.4 Å². The number of nitrogens with two attached hydrogens (primary N) is 1. The maximum absolute atomic E-state index is 12.4. The second-order valence-corrected chi connectivity index (χ2v) is 5.18. The van der Waals surface area contributed by atoms with E-state index in [1.165, 1.54) is 0 Å². The molecule has 0 spiro atoms. The number of carbonyl (C=O) groups is 1. The molecule has 5 nitrogen and oxygen atoms in total. The van der Waals surface area contributed by atoms with Crippen LogP contribution in [0.1, 0.15) is 10.4 Å². The van der Waals surface area contributed by atoms with Crippen LogP contribution >= 0.6 is 11.6 Å². The van der Waals surface area contributed by atoms with Gasteiger partial charge in [0.2, 0.25) is 0 Å². The van der Waals surface area contributed by atoms with Crippen molar-refractivity contribution in [2.45, 2.75) is 0 Å². The number of anilines is 1. The molecule has 0 bridgehead atoms. The van der Waals surface area contributed by atoms with Crippen LogP contribution in [-0.4, -0.2) is 10.6 Å². The van der Waals surface area contributed by atoms with Crippen LogP contribution in [0, 0.1) is 0 Å².